The van der Waals surface area contributed by atoms with Crippen molar-refractivity contribution in [2.45, 2.75) is 6.42 Å². The first-order valence-electron chi connectivity index (χ1n) is 5.44. The lowest BCUT2D eigenvalue weighted by atomic mass is 10.2. The molecule has 1 aromatic heterocycles. The fourth-order valence-corrected chi connectivity index (χ4v) is 2.85. The molecule has 0 saturated carbocycles. The van der Waals surface area contributed by atoms with Gasteiger partial charge in [-0.25, -0.2) is 4.98 Å². The van der Waals surface area contributed by atoms with Gasteiger partial charge in [0.25, 0.3) is 0 Å². The van der Waals surface area contributed by atoms with E-state index in [1.165, 1.54) is 11.5 Å². The van der Waals surface area contributed by atoms with Gasteiger partial charge in [0, 0.05) is 24.1 Å². The van der Waals surface area contributed by atoms with E-state index >= 15 is 0 Å². The number of carboxylic acids is 1. The first-order valence-corrected chi connectivity index (χ1v) is 7.37. The van der Waals surface area contributed by atoms with Crippen molar-refractivity contribution in [2.24, 2.45) is 0 Å². The summed E-state index contributed by atoms with van der Waals surface area (Å²) in [5.41, 5.74) is 1.10. The minimum atomic E-state index is -0.741. The van der Waals surface area contributed by atoms with Gasteiger partial charge in [0.1, 0.15) is 11.3 Å². The van der Waals surface area contributed by atoms with E-state index in [9.17, 15) is 4.79 Å². The van der Waals surface area contributed by atoms with E-state index in [2.05, 4.69) is 20.3 Å². The number of hydrogen-bond acceptors (Lipinski definition) is 6. The van der Waals surface area contributed by atoms with E-state index in [0.717, 1.165) is 23.0 Å². The molecule has 19 heavy (non-hydrogen) atoms. The Labute approximate surface area is 126 Å². The summed E-state index contributed by atoms with van der Waals surface area (Å²) in [6.07, 6.45) is 7.92. The molecule has 2 heterocycles. The Morgan fingerprint density at radius 1 is 1.58 bits per heavy atom. The quantitative estimate of drug-likeness (QED) is 0.812. The second-order valence-corrected chi connectivity index (χ2v) is 5.53. The number of carbonyl (C=O) groups is 1. The van der Waals surface area contributed by atoms with Gasteiger partial charge in [0.15, 0.2) is 0 Å². The zero-order valence-corrected chi connectivity index (χ0v) is 12.5. The molecule has 1 aromatic rings. The van der Waals surface area contributed by atoms with Gasteiger partial charge in [-0.1, -0.05) is 6.08 Å². The van der Waals surface area contributed by atoms with Crippen LogP contribution in [0.5, 0.6) is 0 Å². The second kappa shape index (κ2) is 8.19. The summed E-state index contributed by atoms with van der Waals surface area (Å²) < 4.78 is 3.98. The summed E-state index contributed by atoms with van der Waals surface area (Å²) in [5, 5.41) is 9.46. The summed E-state index contributed by atoms with van der Waals surface area (Å²) in [6, 6.07) is 0. The number of rotatable bonds is 6. The topological polar surface area (TPSA) is 66.3 Å². The maximum absolute atomic E-state index is 10.4. The van der Waals surface area contributed by atoms with Crippen LogP contribution in [0.15, 0.2) is 24.7 Å². The van der Waals surface area contributed by atoms with Crippen molar-refractivity contribution in [2.75, 3.05) is 18.2 Å². The number of allylic oxidation sites excluding steroid dienone is 2. The summed E-state index contributed by atoms with van der Waals surface area (Å²) in [6.45, 7) is 0.825. The standard InChI is InChI=1S/C11H13N3O2S2.ClH/c15-10(16)3-6-17-8-14-4-1-9(2-5-14)11-12-7-13-18-11;/h1-2,4,7H,3,5-6,8H2,(H,15,16);1H. The molecule has 8 heteroatoms. The van der Waals surface area contributed by atoms with Gasteiger partial charge < -0.3 is 10.0 Å². The molecule has 2 rings (SSSR count). The average molecular weight is 320 g/mol. The summed E-state index contributed by atoms with van der Waals surface area (Å²) in [4.78, 5) is 16.7. The van der Waals surface area contributed by atoms with Crippen LogP contribution in [0, 0.1) is 0 Å². The zero-order valence-electron chi connectivity index (χ0n) is 10.1. The van der Waals surface area contributed by atoms with Gasteiger partial charge in [0.2, 0.25) is 0 Å². The van der Waals surface area contributed by atoms with E-state index in [1.54, 1.807) is 18.1 Å². The number of carboxylic acid groups (broad SMARTS) is 1. The lowest BCUT2D eigenvalue weighted by molar-refractivity contribution is -0.136. The highest BCUT2D eigenvalue weighted by Gasteiger charge is 2.08. The van der Waals surface area contributed by atoms with Crippen molar-refractivity contribution < 1.29 is 9.90 Å². The smallest absolute Gasteiger partial charge is 0.304 e. The molecule has 5 nitrogen and oxygen atoms in total. The summed E-state index contributed by atoms with van der Waals surface area (Å²) in [5.74, 6) is 0.714. The highest BCUT2D eigenvalue weighted by molar-refractivity contribution is 7.99. The van der Waals surface area contributed by atoms with Crippen LogP contribution in [0.2, 0.25) is 0 Å². The van der Waals surface area contributed by atoms with Crippen LogP contribution in [-0.2, 0) is 4.79 Å². The van der Waals surface area contributed by atoms with Crippen LogP contribution in [-0.4, -0.2) is 43.5 Å². The van der Waals surface area contributed by atoms with Crippen molar-refractivity contribution in [3.05, 3.63) is 29.7 Å². The molecular formula is C11H14ClN3O2S2. The van der Waals surface area contributed by atoms with Gasteiger partial charge in [-0.2, -0.15) is 4.37 Å². The van der Waals surface area contributed by atoms with E-state index in [4.69, 9.17) is 5.11 Å². The van der Waals surface area contributed by atoms with Gasteiger partial charge >= 0.3 is 5.97 Å². The van der Waals surface area contributed by atoms with Crippen molar-refractivity contribution in [1.29, 1.82) is 0 Å². The second-order valence-electron chi connectivity index (χ2n) is 3.67. The lowest BCUT2D eigenvalue weighted by Crippen LogP contribution is -2.19. The predicted molar refractivity (Wildman–Crippen MR) is 80.6 cm³/mol. The maximum atomic E-state index is 10.4. The fraction of sp³-hybridized carbons (Fsp3) is 0.364. The molecule has 0 spiro atoms. The molecule has 0 saturated heterocycles. The molecule has 0 aliphatic carbocycles. The van der Waals surface area contributed by atoms with Gasteiger partial charge in [-0.05, 0) is 17.6 Å². The van der Waals surface area contributed by atoms with E-state index in [0.29, 0.717) is 5.75 Å². The van der Waals surface area contributed by atoms with Crippen LogP contribution >= 0.6 is 35.7 Å². The molecule has 0 fully saturated rings. The molecule has 0 unspecified atom stereocenters. The third-order valence-electron chi connectivity index (χ3n) is 2.34. The minimum Gasteiger partial charge on any atom is -0.481 e. The van der Waals surface area contributed by atoms with Crippen LogP contribution < -0.4 is 0 Å². The van der Waals surface area contributed by atoms with E-state index in [-0.39, 0.29) is 18.8 Å². The monoisotopic (exact) mass is 319 g/mol. The molecule has 1 aliphatic heterocycles. The van der Waals surface area contributed by atoms with Gasteiger partial charge in [-0.15, -0.1) is 24.2 Å². The average Bonchev–Trinajstić information content (AvgIpc) is 2.89. The molecule has 0 aromatic carbocycles. The molecule has 104 valence electrons. The van der Waals surface area contributed by atoms with E-state index < -0.39 is 5.97 Å². The first-order chi connectivity index (χ1) is 8.75. The molecule has 1 N–H and O–H groups in total. The number of halogens is 1. The van der Waals surface area contributed by atoms with Crippen LogP contribution in [0.1, 0.15) is 11.4 Å². The Hall–Kier alpha value is -1.05. The Kier molecular flexibility index (Phi) is 6.90. The molecular weight excluding hydrogens is 306 g/mol. The molecule has 1 aliphatic rings. The van der Waals surface area contributed by atoms with Crippen LogP contribution in [0.4, 0.5) is 0 Å². The highest BCUT2D eigenvalue weighted by atomic mass is 35.5. The van der Waals surface area contributed by atoms with Gasteiger partial charge in [-0.3, -0.25) is 4.79 Å². The Morgan fingerprint density at radius 3 is 3.00 bits per heavy atom. The van der Waals surface area contributed by atoms with Crippen molar-refractivity contribution in [3.63, 3.8) is 0 Å². The fourth-order valence-electron chi connectivity index (χ4n) is 1.43. The molecule has 0 radical (unpaired) electrons. The molecule has 0 bridgehead atoms. The number of nitrogens with zero attached hydrogens (tertiary/aromatic N) is 3. The molecule has 0 amide bonds. The minimum absolute atomic E-state index is 0. The lowest BCUT2D eigenvalue weighted by Gasteiger charge is -2.21. The number of thioether (sulfide) groups is 1. The van der Waals surface area contributed by atoms with Crippen LogP contribution in [0.3, 0.4) is 0 Å². The highest BCUT2D eigenvalue weighted by Crippen LogP contribution is 2.20. The normalized spacial score (nSPS) is 13.9. The maximum Gasteiger partial charge on any atom is 0.304 e. The van der Waals surface area contributed by atoms with Crippen LogP contribution in [0.25, 0.3) is 5.57 Å². The van der Waals surface area contributed by atoms with E-state index in [1.807, 2.05) is 12.3 Å². The summed E-state index contributed by atoms with van der Waals surface area (Å²) in [7, 11) is 0. The largest absolute Gasteiger partial charge is 0.481 e. The van der Waals surface area contributed by atoms with Crippen molar-refractivity contribution in [3.8, 4) is 0 Å². The third kappa shape index (κ3) is 5.22. The Balaban J connectivity index is 0.00000180. The molecule has 0 atom stereocenters. The zero-order chi connectivity index (χ0) is 12.8. The summed E-state index contributed by atoms with van der Waals surface area (Å²) >= 11 is 3.01. The number of hydrogen-bond donors (Lipinski definition) is 1. The third-order valence-corrected chi connectivity index (χ3v) is 4.06. The van der Waals surface area contributed by atoms with Gasteiger partial charge in [0.05, 0.1) is 12.3 Å². The van der Waals surface area contributed by atoms with Crippen molar-refractivity contribution in [1.82, 2.24) is 14.3 Å². The number of aromatic nitrogens is 2. The van der Waals surface area contributed by atoms with Crippen molar-refractivity contribution >= 4 is 47.2 Å². The Bertz CT molecular complexity index is 463. The SMILES string of the molecule is Cl.O=C(O)CCSCN1C=CC(c2ncns2)=CC1. The number of aliphatic carboxylic acids is 1. The predicted octanol–water partition coefficient (Wildman–Crippen LogP) is 2.34. The Morgan fingerprint density at radius 2 is 2.42 bits per heavy atom. The first kappa shape index (κ1) is 16.0.